The molecule has 362 valence electrons. The van der Waals surface area contributed by atoms with Crippen molar-refractivity contribution >= 4 is 0 Å². The fourth-order valence-electron chi connectivity index (χ4n) is 1.27. The van der Waals surface area contributed by atoms with Crippen molar-refractivity contribution in [3.05, 3.63) is 0 Å². The van der Waals surface area contributed by atoms with Crippen LogP contribution in [0.25, 0.3) is 0 Å². The molecule has 65 nitrogen and oxygen atoms in total. The average Bonchev–Trinajstić information content (AvgIpc) is 3.35. The molecule has 0 spiro atoms. The summed E-state index contributed by atoms with van der Waals surface area (Å²) in [7, 11) is 0. The quantitative estimate of drug-likeness (QED) is 0.0390. The second-order valence-electron chi connectivity index (χ2n) is 8.04. The summed E-state index contributed by atoms with van der Waals surface area (Å²) in [6, 6.07) is 0. The summed E-state index contributed by atoms with van der Waals surface area (Å²) in [4.78, 5) is 0. The van der Waals surface area contributed by atoms with Gasteiger partial charge in [0.15, 0.2) is 0 Å². The second kappa shape index (κ2) is 51.0. The van der Waals surface area contributed by atoms with Crippen LogP contribution >= 0.6 is 0 Å². The molecular weight excluding hydrogens is 1070 g/mol. The predicted molar refractivity (Wildman–Crippen MR) is 177 cm³/mol. The molecule has 70 heavy (non-hydrogen) atoms. The van der Waals surface area contributed by atoms with Crippen molar-refractivity contribution in [2.45, 2.75) is 26.3 Å². The number of nitrogens with one attached hydrogen (secondary N) is 1. The molecule has 1 N–H and O–H groups in total. The fraction of sp³-hybridized carbons (Fsp3) is 1.00. The van der Waals surface area contributed by atoms with E-state index in [0.717, 1.165) is 0 Å². The Kier molecular flexibility index (Phi) is 42.0. The minimum absolute atomic E-state index is 0.291. The maximum absolute atomic E-state index is 9.95. The normalized spacial score (nSPS) is 15.5. The Bertz CT molecular complexity index is 2410. The van der Waals surface area contributed by atoms with Gasteiger partial charge >= 0.3 is 82.4 Å². The summed E-state index contributed by atoms with van der Waals surface area (Å²) < 4.78 is 12.9. The van der Waals surface area contributed by atoms with Crippen LogP contribution in [0.15, 0.2) is 328 Å². The Labute approximate surface area is 380 Å². The van der Waals surface area contributed by atoms with E-state index in [9.17, 15) is 3.47 Å². The topological polar surface area (TPSA) is 808 Å². The number of hydrogen-bond donors (Lipinski definition) is 1. The van der Waals surface area contributed by atoms with Gasteiger partial charge in [-0.25, -0.2) is 0 Å². The van der Waals surface area contributed by atoms with Gasteiger partial charge in [0.05, 0.1) is 0 Å². The first-order valence-electron chi connectivity index (χ1n) is 14.6. The molecule has 0 amide bonds. The van der Waals surface area contributed by atoms with Crippen molar-refractivity contribution < 1.29 is 21.2 Å². The van der Waals surface area contributed by atoms with E-state index in [1.54, 1.807) is 0 Å². The summed E-state index contributed by atoms with van der Waals surface area (Å²) in [5.41, 5.74) is 2.37. The van der Waals surface area contributed by atoms with Crippen molar-refractivity contribution in [3.63, 3.8) is 0 Å². The van der Waals surface area contributed by atoms with Gasteiger partial charge in [0, 0.05) is 230 Å². The van der Waals surface area contributed by atoms with Crippen LogP contribution in [0, 0.1) is 0 Å². The van der Waals surface area contributed by atoms with Crippen LogP contribution in [0.4, 0.5) is 0 Å². The predicted octanol–water partition coefficient (Wildman–Crippen LogP) is 12.3. The van der Waals surface area contributed by atoms with E-state index in [1.807, 2.05) is 20.8 Å². The third-order valence-electron chi connectivity index (χ3n) is 2.88. The molecule has 0 aromatic rings. The molecule has 0 saturated carbocycles. The molecule has 0 aromatic carbocycles. The van der Waals surface area contributed by atoms with Crippen LogP contribution in [0.1, 0.15) is 20.8 Å². The van der Waals surface area contributed by atoms with Gasteiger partial charge in [-0.05, 0) is 57.3 Å². The van der Waals surface area contributed by atoms with Gasteiger partial charge in [-0.2, -0.15) is 0 Å². The summed E-state index contributed by atoms with van der Waals surface area (Å²) in [6.45, 7) is 5.59. The zero-order valence-electron chi connectivity index (χ0n) is 32.9. The summed E-state index contributed by atoms with van der Waals surface area (Å²) in [5, 5.41) is 187. The summed E-state index contributed by atoms with van der Waals surface area (Å²) in [5.74, 6) is 0. The van der Waals surface area contributed by atoms with Crippen molar-refractivity contribution in [2.24, 2.45) is 328 Å². The van der Waals surface area contributed by atoms with Crippen LogP contribution in [0.5, 0.6) is 0 Å². The molecule has 0 heterocycles. The van der Waals surface area contributed by atoms with Gasteiger partial charge < -0.3 is 0 Å². The van der Waals surface area contributed by atoms with E-state index in [0.29, 0.717) is 0 Å². The molecule has 0 unspecified atom stereocenters. The number of nitrogens with zero attached hydrogens (tertiary/aromatic N) is 63. The van der Waals surface area contributed by atoms with Gasteiger partial charge in [-0.15, -0.1) is 0 Å². The minimum atomic E-state index is -1.20. The van der Waals surface area contributed by atoms with Gasteiger partial charge in [0.2, 0.25) is 0 Å². The molecule has 0 aliphatic carbocycles. The monoisotopic (exact) mass is 1080 g/mol. The van der Waals surface area contributed by atoms with E-state index < -0.39 is 17.8 Å². The molecule has 0 bridgehead atoms. The van der Waals surface area contributed by atoms with Crippen LogP contribution in [-0.2, 0) is 21.2 Å². The first-order chi connectivity index (χ1) is 34.6. The molecule has 0 aromatic heterocycles. The third-order valence-corrected chi connectivity index (χ3v) is 3.15. The molecule has 0 fully saturated rings. The van der Waals surface area contributed by atoms with Crippen LogP contribution in [0.2, 0.25) is 0 Å². The Morgan fingerprint density at radius 2 is 0.314 bits per heavy atom. The van der Waals surface area contributed by atoms with Crippen molar-refractivity contribution in [1.82, 2.24) is 5.43 Å². The molecule has 0 rings (SSSR count). The van der Waals surface area contributed by atoms with Gasteiger partial charge in [0.1, 0.15) is 0 Å². The number of rotatable bonds is 32. The van der Waals surface area contributed by atoms with Crippen LogP contribution in [-0.4, -0.2) is 5.54 Å². The fourth-order valence-corrected chi connectivity index (χ4v) is 1.39. The number of hydrogen-bond acceptors (Lipinski definition) is 3. The standard InChI is InChI=1S/C4H10N64.O.Pd/c1-4(2,3)6-8-10-12-14-16-18-20-22-24-26-28-30-32-34-36-38-40-42-44-46-48-50-52-54-56-58-60-62-64-66-68-67-65-63-61-59-57-55-53-51-49-47-45-43-41-39-37-35-33-31-29-27-25-23-21-19-17-15-13-11-9-7-5;;/h1-3H3,(H,6,7,10,11,14,15,18,19,22,23,26,27,30,31,34,35,38,39,42,43,46,47,50,51,54,55,58,59,62,63,66,67);;. The van der Waals surface area contributed by atoms with Gasteiger partial charge in [-0.3, -0.25) is 5.43 Å². The second-order valence-corrected chi connectivity index (χ2v) is 8.63. The van der Waals surface area contributed by atoms with Gasteiger partial charge in [0.25, 0.3) is 0 Å². The first kappa shape index (κ1) is 57.7. The molecular formula is C4H10N64OPd. The van der Waals surface area contributed by atoms with E-state index in [4.69, 9.17) is 0 Å². The van der Waals surface area contributed by atoms with E-state index in [1.165, 1.54) is 0 Å². The Hall–Kier alpha value is -12.3. The Morgan fingerprint density at radius 3 is 0.429 bits per heavy atom. The molecule has 0 atom stereocenters. The first-order valence-corrected chi connectivity index (χ1v) is 16.0. The van der Waals surface area contributed by atoms with E-state index >= 15 is 0 Å². The SMILES string of the molecule is CC(C)(C)N/N=N/N=N/N=N/N=N/N=N/N=N/N=N/N=N/N=N/N=N/N=N/N=N/N=N/N=N/N=N/N=N/N=N/N=N/N=N/N=N/N=N/N=N/N=N/N=N/N=N/N=N/N=N/N=N/N=N/N=N/N=N/[N]=[Pd]=[O]. The maximum atomic E-state index is 9.95. The summed E-state index contributed by atoms with van der Waals surface area (Å²) in [6.07, 6.45) is 0. The van der Waals surface area contributed by atoms with Crippen LogP contribution < -0.4 is 5.43 Å². The van der Waals surface area contributed by atoms with Crippen molar-refractivity contribution in [3.8, 4) is 0 Å². The molecule has 0 radical (unpaired) electrons. The molecule has 66 heteroatoms. The van der Waals surface area contributed by atoms with Gasteiger partial charge in [-0.1, -0.05) is 5.22 Å². The zero-order chi connectivity index (χ0) is 50.5. The van der Waals surface area contributed by atoms with Crippen molar-refractivity contribution in [1.29, 1.82) is 0 Å². The third kappa shape index (κ3) is 55.7. The van der Waals surface area contributed by atoms with Crippen molar-refractivity contribution in [2.75, 3.05) is 0 Å². The molecule has 0 saturated heterocycles. The summed E-state index contributed by atoms with van der Waals surface area (Å²) >= 11 is -1.20. The molecule has 0 aliphatic heterocycles. The molecule has 0 aliphatic rings. The van der Waals surface area contributed by atoms with E-state index in [-0.39, 0.29) is 5.54 Å². The average molecular weight is 1080 g/mol. The Balaban J connectivity index is 4.09. The van der Waals surface area contributed by atoms with Crippen LogP contribution in [0.3, 0.4) is 0 Å². The van der Waals surface area contributed by atoms with E-state index in [2.05, 4.69) is 333 Å². The zero-order valence-corrected chi connectivity index (χ0v) is 34.5. The Morgan fingerprint density at radius 1 is 0.200 bits per heavy atom.